The summed E-state index contributed by atoms with van der Waals surface area (Å²) in [6, 6.07) is 19.4. The molecule has 0 radical (unpaired) electrons. The second kappa shape index (κ2) is 8.27. The Bertz CT molecular complexity index is 1350. The maximum absolute atomic E-state index is 13.2. The number of hydrogen-bond donors (Lipinski definition) is 2. The van der Waals surface area contributed by atoms with Crippen molar-refractivity contribution in [2.75, 3.05) is 17.1 Å². The van der Waals surface area contributed by atoms with Crippen LogP contribution in [-0.2, 0) is 10.0 Å². The fraction of sp³-hybridized carbons (Fsp3) is 0.259. The lowest BCUT2D eigenvalue weighted by molar-refractivity contribution is 0.406. The van der Waals surface area contributed by atoms with Gasteiger partial charge >= 0.3 is 0 Å². The van der Waals surface area contributed by atoms with Gasteiger partial charge in [-0.1, -0.05) is 36.4 Å². The first-order valence-electron chi connectivity index (χ1n) is 11.2. The van der Waals surface area contributed by atoms with Crippen molar-refractivity contribution in [2.45, 2.75) is 37.1 Å². The summed E-state index contributed by atoms with van der Waals surface area (Å²) in [7, 11) is -2.03. The quantitative estimate of drug-likeness (QED) is 0.463. The number of methoxy groups -OCH3 is 1. The summed E-state index contributed by atoms with van der Waals surface area (Å²) in [6.45, 7) is 3.85. The number of sulfonamides is 1. The van der Waals surface area contributed by atoms with Crippen molar-refractivity contribution in [1.29, 1.82) is 0 Å². The van der Waals surface area contributed by atoms with Gasteiger partial charge in [0.25, 0.3) is 10.0 Å². The molecule has 6 heteroatoms. The Morgan fingerprint density at radius 3 is 2.70 bits per heavy atom. The molecule has 0 saturated heterocycles. The molecule has 5 rings (SSSR count). The maximum atomic E-state index is 13.2. The largest absolute Gasteiger partial charge is 0.497 e. The summed E-state index contributed by atoms with van der Waals surface area (Å²) in [6.07, 6.45) is 5.36. The minimum absolute atomic E-state index is 0.128. The zero-order chi connectivity index (χ0) is 23.2. The molecule has 3 aromatic rings. The third-order valence-corrected chi connectivity index (χ3v) is 8.10. The molecule has 0 unspecified atom stereocenters. The van der Waals surface area contributed by atoms with Gasteiger partial charge in [0.15, 0.2) is 0 Å². The van der Waals surface area contributed by atoms with Gasteiger partial charge in [-0.05, 0) is 84.8 Å². The average molecular weight is 461 g/mol. The highest BCUT2D eigenvalue weighted by molar-refractivity contribution is 7.92. The molecular formula is C27H28N2O3S. The molecule has 0 amide bonds. The lowest BCUT2D eigenvalue weighted by atomic mass is 9.77. The summed E-state index contributed by atoms with van der Waals surface area (Å²) < 4.78 is 34.7. The Balaban J connectivity index is 1.49. The predicted octanol–water partition coefficient (Wildman–Crippen LogP) is 5.94. The van der Waals surface area contributed by atoms with Gasteiger partial charge in [0.1, 0.15) is 5.75 Å². The Hall–Kier alpha value is -3.25. The molecule has 1 heterocycles. The highest BCUT2D eigenvalue weighted by Gasteiger charge is 2.38. The second-order valence-electron chi connectivity index (χ2n) is 8.93. The van der Waals surface area contributed by atoms with Crippen LogP contribution in [0.15, 0.2) is 77.7 Å². The van der Waals surface area contributed by atoms with E-state index < -0.39 is 10.0 Å². The Kier molecular flexibility index (Phi) is 5.41. The minimum Gasteiger partial charge on any atom is -0.497 e. The van der Waals surface area contributed by atoms with E-state index in [-0.39, 0.29) is 16.9 Å². The molecule has 3 atom stereocenters. The van der Waals surface area contributed by atoms with Gasteiger partial charge in [-0.3, -0.25) is 4.72 Å². The van der Waals surface area contributed by atoms with E-state index in [0.717, 1.165) is 34.5 Å². The summed E-state index contributed by atoms with van der Waals surface area (Å²) in [5.41, 5.74) is 5.69. The van der Waals surface area contributed by atoms with Gasteiger partial charge < -0.3 is 10.1 Å². The normalized spacial score (nSPS) is 21.1. The minimum atomic E-state index is -3.71. The van der Waals surface area contributed by atoms with E-state index in [9.17, 15) is 8.42 Å². The molecule has 2 aliphatic rings. The van der Waals surface area contributed by atoms with Crippen molar-refractivity contribution in [2.24, 2.45) is 5.92 Å². The van der Waals surface area contributed by atoms with Gasteiger partial charge in [-0.2, -0.15) is 0 Å². The topological polar surface area (TPSA) is 67.4 Å². The van der Waals surface area contributed by atoms with Crippen molar-refractivity contribution in [1.82, 2.24) is 0 Å². The summed E-state index contributed by atoms with van der Waals surface area (Å²) in [4.78, 5) is 0.280. The van der Waals surface area contributed by atoms with Crippen LogP contribution in [0.4, 0.5) is 11.4 Å². The van der Waals surface area contributed by atoms with Crippen LogP contribution in [0.2, 0.25) is 0 Å². The number of rotatable bonds is 5. The zero-order valence-corrected chi connectivity index (χ0v) is 19.8. The van der Waals surface area contributed by atoms with Crippen molar-refractivity contribution in [3.05, 3.63) is 95.1 Å². The van der Waals surface area contributed by atoms with E-state index in [0.29, 0.717) is 11.6 Å². The Morgan fingerprint density at radius 2 is 1.88 bits per heavy atom. The Morgan fingerprint density at radius 1 is 1.03 bits per heavy atom. The number of benzene rings is 3. The molecule has 1 aliphatic carbocycles. The number of fused-ring (bicyclic) bond motifs is 3. The number of anilines is 2. The van der Waals surface area contributed by atoms with Gasteiger partial charge in [-0.15, -0.1) is 0 Å². The van der Waals surface area contributed by atoms with Crippen LogP contribution < -0.4 is 14.8 Å². The first-order valence-corrected chi connectivity index (χ1v) is 12.7. The fourth-order valence-electron chi connectivity index (χ4n) is 4.95. The van der Waals surface area contributed by atoms with Crippen LogP contribution in [0.5, 0.6) is 5.75 Å². The van der Waals surface area contributed by atoms with Crippen molar-refractivity contribution < 1.29 is 13.2 Å². The number of ether oxygens (including phenoxy) is 1. The molecule has 2 N–H and O–H groups in total. The van der Waals surface area contributed by atoms with Gasteiger partial charge in [0, 0.05) is 11.6 Å². The van der Waals surface area contributed by atoms with Crippen LogP contribution in [0, 0.1) is 19.8 Å². The SMILES string of the molecule is COc1cccc([C@@H]2Nc3ccc(S(=O)(=O)Nc4cc(C)ccc4C)cc3[C@@H]3C=CC[C@@H]32)c1. The second-order valence-corrected chi connectivity index (χ2v) is 10.6. The number of nitrogens with one attached hydrogen (secondary N) is 2. The maximum Gasteiger partial charge on any atom is 0.261 e. The standard InChI is InChI=1S/C27H28N2O3S/c1-17-10-11-18(2)26(14-17)29-33(30,31)21-12-13-25-24(16-21)22-8-5-9-23(22)27(28-25)19-6-4-7-20(15-19)32-3/h4-8,10-16,22-23,27-29H,9H2,1-3H3/t22-,23+,27+/m1/s1. The van der Waals surface area contributed by atoms with Crippen LogP contribution >= 0.6 is 0 Å². The number of aryl methyl sites for hydroxylation is 2. The van der Waals surface area contributed by atoms with E-state index in [1.807, 2.05) is 56.3 Å². The third-order valence-electron chi connectivity index (χ3n) is 6.73. The van der Waals surface area contributed by atoms with E-state index in [1.54, 1.807) is 13.2 Å². The summed E-state index contributed by atoms with van der Waals surface area (Å²) >= 11 is 0. The monoisotopic (exact) mass is 460 g/mol. The smallest absolute Gasteiger partial charge is 0.261 e. The molecule has 3 aromatic carbocycles. The van der Waals surface area contributed by atoms with Crippen LogP contribution in [0.3, 0.4) is 0 Å². The number of allylic oxidation sites excluding steroid dienone is 2. The molecule has 0 bridgehead atoms. The van der Waals surface area contributed by atoms with Crippen molar-refractivity contribution in [3.8, 4) is 5.75 Å². The molecule has 1 aliphatic heterocycles. The van der Waals surface area contributed by atoms with E-state index in [1.165, 1.54) is 5.56 Å². The molecule has 5 nitrogen and oxygen atoms in total. The average Bonchev–Trinajstić information content (AvgIpc) is 3.31. The van der Waals surface area contributed by atoms with Crippen molar-refractivity contribution >= 4 is 21.4 Å². The lowest BCUT2D eigenvalue weighted by Gasteiger charge is -2.37. The van der Waals surface area contributed by atoms with Crippen LogP contribution in [0.25, 0.3) is 0 Å². The lowest BCUT2D eigenvalue weighted by Crippen LogP contribution is -2.29. The highest BCUT2D eigenvalue weighted by atomic mass is 32.2. The number of hydrogen-bond acceptors (Lipinski definition) is 4. The molecule has 0 spiro atoms. The predicted molar refractivity (Wildman–Crippen MR) is 133 cm³/mol. The first kappa shape index (κ1) is 21.6. The van der Waals surface area contributed by atoms with E-state index in [2.05, 4.69) is 34.3 Å². The van der Waals surface area contributed by atoms with Gasteiger partial charge in [-0.25, -0.2) is 8.42 Å². The van der Waals surface area contributed by atoms with E-state index >= 15 is 0 Å². The van der Waals surface area contributed by atoms with Crippen LogP contribution in [0.1, 0.15) is 40.6 Å². The summed E-state index contributed by atoms with van der Waals surface area (Å²) in [5, 5.41) is 3.67. The van der Waals surface area contributed by atoms with Gasteiger partial charge in [0.05, 0.1) is 23.7 Å². The molecular weight excluding hydrogens is 432 g/mol. The molecule has 170 valence electrons. The van der Waals surface area contributed by atoms with Crippen LogP contribution in [-0.4, -0.2) is 15.5 Å². The Labute approximate surface area is 195 Å². The zero-order valence-electron chi connectivity index (χ0n) is 19.0. The van der Waals surface area contributed by atoms with Gasteiger partial charge in [0.2, 0.25) is 0 Å². The molecule has 0 fully saturated rings. The molecule has 0 saturated carbocycles. The third kappa shape index (κ3) is 4.00. The first-order chi connectivity index (χ1) is 15.9. The molecule has 0 aromatic heterocycles. The van der Waals surface area contributed by atoms with Crippen molar-refractivity contribution in [3.63, 3.8) is 0 Å². The summed E-state index contributed by atoms with van der Waals surface area (Å²) in [5.74, 6) is 1.31. The van der Waals surface area contributed by atoms with E-state index in [4.69, 9.17) is 4.74 Å². The highest BCUT2D eigenvalue weighted by Crippen LogP contribution is 2.50. The molecule has 33 heavy (non-hydrogen) atoms. The fourth-order valence-corrected chi connectivity index (χ4v) is 6.11.